The molecule has 16 heavy (non-hydrogen) atoms. The Morgan fingerprint density at radius 1 is 1.19 bits per heavy atom. The first-order valence-electron chi connectivity index (χ1n) is 4.21. The van der Waals surface area contributed by atoms with E-state index in [0.29, 0.717) is 12.2 Å². The Kier molecular flexibility index (Phi) is 3.90. The van der Waals surface area contributed by atoms with Gasteiger partial charge in [0.25, 0.3) is 0 Å². The highest BCUT2D eigenvalue weighted by Crippen LogP contribution is 2.11. The molecule has 0 saturated carbocycles. The molecule has 0 aromatic carbocycles. The molecule has 0 spiro atoms. The van der Waals surface area contributed by atoms with Crippen molar-refractivity contribution >= 4 is 23.9 Å². The lowest BCUT2D eigenvalue weighted by Gasteiger charge is -1.80. The first-order valence-corrected chi connectivity index (χ1v) is 4.21. The fourth-order valence-electron chi connectivity index (χ4n) is 0.906. The molecule has 2 aliphatic rings. The van der Waals surface area contributed by atoms with Gasteiger partial charge < -0.3 is 10.2 Å². The van der Waals surface area contributed by atoms with Crippen LogP contribution in [0, 0.1) is 0 Å². The van der Waals surface area contributed by atoms with E-state index in [9.17, 15) is 9.59 Å². The molecule has 0 atom stereocenters. The van der Waals surface area contributed by atoms with Crippen molar-refractivity contribution in [1.82, 2.24) is 0 Å². The summed E-state index contributed by atoms with van der Waals surface area (Å²) in [5.74, 6) is -2.51. The molecular weight excluding hydrogens is 212 g/mol. The van der Waals surface area contributed by atoms with Crippen LogP contribution in [0.3, 0.4) is 0 Å². The summed E-state index contributed by atoms with van der Waals surface area (Å²) in [6.45, 7) is 0. The van der Waals surface area contributed by atoms with E-state index in [1.165, 1.54) is 0 Å². The van der Waals surface area contributed by atoms with Crippen LogP contribution in [-0.4, -0.2) is 34.1 Å². The van der Waals surface area contributed by atoms with Gasteiger partial charge in [-0.15, -0.1) is 0 Å². The van der Waals surface area contributed by atoms with Gasteiger partial charge in [-0.1, -0.05) is 0 Å². The molecule has 2 aliphatic heterocycles. The average molecular weight is 220 g/mol. The lowest BCUT2D eigenvalue weighted by Crippen LogP contribution is -1.91. The number of allylic oxidation sites excluding steroid dienone is 2. The summed E-state index contributed by atoms with van der Waals surface area (Å²) in [4.78, 5) is 27.0. The monoisotopic (exact) mass is 220 g/mol. The van der Waals surface area contributed by atoms with Crippen LogP contribution in [0.25, 0.3) is 0 Å². The smallest absolute Gasteiger partial charge is 0.328 e. The van der Waals surface area contributed by atoms with Crippen LogP contribution in [0.2, 0.25) is 0 Å². The second kappa shape index (κ2) is 5.40. The molecule has 0 unspecified atom stereocenters. The SMILES string of the molecule is C1=CC2=CN=CC2=N1.O=C(O)C=CC(=O)O. The number of carboxylic acids is 2. The van der Waals surface area contributed by atoms with Gasteiger partial charge in [-0.25, -0.2) is 9.59 Å². The molecule has 0 radical (unpaired) electrons. The molecule has 0 fully saturated rings. The zero-order valence-corrected chi connectivity index (χ0v) is 8.07. The second-order valence-corrected chi connectivity index (χ2v) is 2.70. The highest BCUT2D eigenvalue weighted by atomic mass is 16.4. The van der Waals surface area contributed by atoms with Crippen LogP contribution in [0.15, 0.2) is 46.2 Å². The lowest BCUT2D eigenvalue weighted by molar-refractivity contribution is -0.134. The number of carbonyl (C=O) groups is 2. The van der Waals surface area contributed by atoms with Crippen molar-refractivity contribution in [3.05, 3.63) is 36.2 Å². The highest BCUT2D eigenvalue weighted by molar-refractivity contribution is 6.41. The van der Waals surface area contributed by atoms with Crippen LogP contribution < -0.4 is 0 Å². The fourth-order valence-corrected chi connectivity index (χ4v) is 0.906. The second-order valence-electron chi connectivity index (χ2n) is 2.70. The van der Waals surface area contributed by atoms with E-state index in [1.807, 2.05) is 12.3 Å². The maximum Gasteiger partial charge on any atom is 0.328 e. The van der Waals surface area contributed by atoms with Crippen molar-refractivity contribution < 1.29 is 19.8 Å². The van der Waals surface area contributed by atoms with Gasteiger partial charge in [0.05, 0.1) is 11.9 Å². The van der Waals surface area contributed by atoms with Crippen molar-refractivity contribution in [1.29, 1.82) is 0 Å². The summed E-state index contributed by atoms with van der Waals surface area (Å²) < 4.78 is 0. The summed E-state index contributed by atoms with van der Waals surface area (Å²) in [5, 5.41) is 15.6. The van der Waals surface area contributed by atoms with Gasteiger partial charge in [-0.3, -0.25) is 9.98 Å². The molecule has 0 amide bonds. The van der Waals surface area contributed by atoms with Crippen LogP contribution >= 0.6 is 0 Å². The molecule has 6 nitrogen and oxygen atoms in total. The predicted molar refractivity (Wildman–Crippen MR) is 57.6 cm³/mol. The number of fused-ring (bicyclic) bond motifs is 1. The molecule has 6 heteroatoms. The summed E-state index contributed by atoms with van der Waals surface area (Å²) in [6, 6.07) is 0. The average Bonchev–Trinajstić information content (AvgIpc) is 2.76. The molecule has 0 aromatic rings. The van der Waals surface area contributed by atoms with E-state index < -0.39 is 11.9 Å². The fraction of sp³-hybridized carbons (Fsp3) is 0. The van der Waals surface area contributed by atoms with E-state index in [1.54, 1.807) is 12.4 Å². The Morgan fingerprint density at radius 2 is 1.81 bits per heavy atom. The Morgan fingerprint density at radius 3 is 2.31 bits per heavy atom. The van der Waals surface area contributed by atoms with Crippen LogP contribution in [0.1, 0.15) is 0 Å². The van der Waals surface area contributed by atoms with E-state index >= 15 is 0 Å². The van der Waals surface area contributed by atoms with Gasteiger partial charge >= 0.3 is 11.9 Å². The van der Waals surface area contributed by atoms with Crippen LogP contribution in [0.4, 0.5) is 0 Å². The number of carboxylic acid groups (broad SMARTS) is 2. The number of aliphatic carboxylic acids is 2. The van der Waals surface area contributed by atoms with Gasteiger partial charge in [-0.05, 0) is 6.08 Å². The molecular formula is C10H8N2O4. The summed E-state index contributed by atoms with van der Waals surface area (Å²) in [6.07, 6.45) is 8.41. The minimum absolute atomic E-state index is 0.558. The van der Waals surface area contributed by atoms with E-state index in [0.717, 1.165) is 11.3 Å². The first-order chi connectivity index (χ1) is 7.59. The highest BCUT2D eigenvalue weighted by Gasteiger charge is 2.08. The predicted octanol–water partition coefficient (Wildman–Crippen LogP) is 0.635. The minimum atomic E-state index is -1.26. The third-order valence-electron chi connectivity index (χ3n) is 1.54. The maximum atomic E-state index is 9.55. The number of hydrogen-bond donors (Lipinski definition) is 2. The van der Waals surface area contributed by atoms with Crippen molar-refractivity contribution in [3.63, 3.8) is 0 Å². The van der Waals surface area contributed by atoms with Gasteiger partial charge in [0.2, 0.25) is 0 Å². The van der Waals surface area contributed by atoms with Crippen molar-refractivity contribution in [2.75, 3.05) is 0 Å². The Hall–Kier alpha value is -2.50. The summed E-state index contributed by atoms with van der Waals surface area (Å²) in [7, 11) is 0. The van der Waals surface area contributed by atoms with E-state index in [2.05, 4.69) is 9.98 Å². The largest absolute Gasteiger partial charge is 0.478 e. The number of nitrogens with zero attached hydrogens (tertiary/aromatic N) is 2. The summed E-state index contributed by atoms with van der Waals surface area (Å²) >= 11 is 0. The van der Waals surface area contributed by atoms with Crippen LogP contribution in [0.5, 0.6) is 0 Å². The summed E-state index contributed by atoms with van der Waals surface area (Å²) in [5.41, 5.74) is 2.12. The molecule has 0 saturated heterocycles. The molecule has 2 N–H and O–H groups in total. The van der Waals surface area contributed by atoms with Crippen molar-refractivity contribution in [2.45, 2.75) is 0 Å². The number of hydrogen-bond acceptors (Lipinski definition) is 4. The topological polar surface area (TPSA) is 99.3 Å². The van der Waals surface area contributed by atoms with E-state index in [4.69, 9.17) is 10.2 Å². The van der Waals surface area contributed by atoms with Gasteiger partial charge in [-0.2, -0.15) is 0 Å². The van der Waals surface area contributed by atoms with Crippen molar-refractivity contribution in [3.8, 4) is 0 Å². The number of rotatable bonds is 2. The van der Waals surface area contributed by atoms with E-state index in [-0.39, 0.29) is 0 Å². The Labute approximate surface area is 90.7 Å². The molecule has 82 valence electrons. The lowest BCUT2D eigenvalue weighted by atomic mass is 10.2. The molecule has 0 aromatic heterocycles. The van der Waals surface area contributed by atoms with Gasteiger partial charge in [0.1, 0.15) is 0 Å². The number of aliphatic imine (C=N–C) groups is 2. The molecule has 2 heterocycles. The zero-order valence-electron chi connectivity index (χ0n) is 8.07. The quantitative estimate of drug-likeness (QED) is 0.667. The zero-order chi connectivity index (χ0) is 12.0. The third kappa shape index (κ3) is 3.70. The Bertz CT molecular complexity index is 413. The molecule has 0 aliphatic carbocycles. The Balaban J connectivity index is 0.000000160. The van der Waals surface area contributed by atoms with Crippen molar-refractivity contribution in [2.24, 2.45) is 9.98 Å². The minimum Gasteiger partial charge on any atom is -0.478 e. The van der Waals surface area contributed by atoms with Crippen LogP contribution in [-0.2, 0) is 9.59 Å². The molecule has 2 rings (SSSR count). The van der Waals surface area contributed by atoms with Gasteiger partial charge in [0.15, 0.2) is 0 Å². The maximum absolute atomic E-state index is 9.55. The third-order valence-corrected chi connectivity index (χ3v) is 1.54. The first kappa shape index (κ1) is 11.6. The molecule has 0 bridgehead atoms. The standard InChI is InChI=1S/C6H4N2.C4H4O4/c1-2-8-6-4-7-3-5(1)6;5-3(6)1-2-4(7)8/h1-4H;1-2H,(H,5,6)(H,7,8). The normalized spacial score (nSPS) is 15.2. The van der Waals surface area contributed by atoms with Gasteiger partial charge in [0, 0.05) is 30.1 Å².